The Kier molecular flexibility index (Phi) is 6.40. The number of sulfonamides is 1. The van der Waals surface area contributed by atoms with Gasteiger partial charge in [0.2, 0.25) is 0 Å². The molecular formula is C24H22N4O2S2. The topological polar surface area (TPSA) is 87.8 Å². The van der Waals surface area contributed by atoms with E-state index in [4.69, 9.17) is 5.26 Å². The first-order valence-corrected chi connectivity index (χ1v) is 12.6. The van der Waals surface area contributed by atoms with Gasteiger partial charge in [0.05, 0.1) is 27.1 Å². The highest BCUT2D eigenvalue weighted by Gasteiger charge is 2.20. The van der Waals surface area contributed by atoms with Crippen LogP contribution in [0.5, 0.6) is 0 Å². The number of aryl methyl sites for hydroxylation is 1. The smallest absolute Gasteiger partial charge is 0.263 e. The lowest BCUT2D eigenvalue weighted by molar-refractivity contribution is 0.600. The maximum Gasteiger partial charge on any atom is 0.263 e. The Morgan fingerprint density at radius 3 is 2.47 bits per heavy atom. The number of nitriles is 1. The largest absolute Gasteiger partial charge is 0.263 e. The highest BCUT2D eigenvalue weighted by Crippen LogP contribution is 2.29. The van der Waals surface area contributed by atoms with Gasteiger partial charge in [0.25, 0.3) is 10.0 Å². The molecule has 0 radical (unpaired) electrons. The SMILES string of the molecule is CCCCc1ccc(S(=O)(=O)Nc2cc(-c3cccs3)nn2-c2ccc(C#N)cc2)cc1. The number of hydrogen-bond acceptors (Lipinski definition) is 5. The van der Waals surface area contributed by atoms with E-state index in [0.29, 0.717) is 22.8 Å². The Morgan fingerprint density at radius 1 is 1.09 bits per heavy atom. The van der Waals surface area contributed by atoms with Gasteiger partial charge in [-0.1, -0.05) is 31.5 Å². The molecule has 0 aliphatic rings. The molecule has 0 aliphatic heterocycles. The number of nitrogens with one attached hydrogen (secondary N) is 1. The first kappa shape index (κ1) is 21.8. The summed E-state index contributed by atoms with van der Waals surface area (Å²) in [5.41, 5.74) is 2.95. The van der Waals surface area contributed by atoms with Gasteiger partial charge in [0.15, 0.2) is 0 Å². The first-order chi connectivity index (χ1) is 15.5. The van der Waals surface area contributed by atoms with E-state index in [1.165, 1.54) is 11.3 Å². The lowest BCUT2D eigenvalue weighted by atomic mass is 10.1. The quantitative estimate of drug-likeness (QED) is 0.368. The van der Waals surface area contributed by atoms with Gasteiger partial charge >= 0.3 is 0 Å². The summed E-state index contributed by atoms with van der Waals surface area (Å²) >= 11 is 1.53. The fraction of sp³-hybridized carbons (Fsp3) is 0.167. The second kappa shape index (κ2) is 9.39. The molecule has 8 heteroatoms. The Bertz CT molecular complexity index is 1330. The standard InChI is InChI=1S/C24H22N4O2S2/c1-2-3-5-18-9-13-21(14-10-18)32(29,30)27-24-16-22(23-6-4-15-31-23)26-28(24)20-11-7-19(17-25)8-12-20/h4,6-16,27H,2-3,5H2,1H3. The zero-order valence-corrected chi connectivity index (χ0v) is 19.2. The van der Waals surface area contributed by atoms with Crippen LogP contribution in [0.3, 0.4) is 0 Å². The van der Waals surface area contributed by atoms with E-state index in [2.05, 4.69) is 22.8 Å². The molecule has 0 atom stereocenters. The van der Waals surface area contributed by atoms with Crippen molar-refractivity contribution in [2.45, 2.75) is 31.1 Å². The third kappa shape index (κ3) is 4.74. The number of anilines is 1. The second-order valence-electron chi connectivity index (χ2n) is 7.32. The predicted octanol–water partition coefficient (Wildman–Crippen LogP) is 5.62. The number of hydrogen-bond donors (Lipinski definition) is 1. The lowest BCUT2D eigenvalue weighted by Gasteiger charge is -2.11. The molecular weight excluding hydrogens is 440 g/mol. The fourth-order valence-electron chi connectivity index (χ4n) is 3.29. The van der Waals surface area contributed by atoms with Gasteiger partial charge in [0, 0.05) is 6.07 Å². The van der Waals surface area contributed by atoms with Crippen molar-refractivity contribution in [3.63, 3.8) is 0 Å². The average Bonchev–Trinajstić information content (AvgIpc) is 3.48. The minimum atomic E-state index is -3.81. The van der Waals surface area contributed by atoms with Crippen molar-refractivity contribution in [2.75, 3.05) is 4.72 Å². The van der Waals surface area contributed by atoms with Crippen molar-refractivity contribution in [3.05, 3.63) is 83.2 Å². The Morgan fingerprint density at radius 2 is 1.84 bits per heavy atom. The summed E-state index contributed by atoms with van der Waals surface area (Å²) in [5, 5.41) is 15.6. The highest BCUT2D eigenvalue weighted by atomic mass is 32.2. The zero-order valence-electron chi connectivity index (χ0n) is 17.5. The van der Waals surface area contributed by atoms with Crippen LogP contribution in [-0.2, 0) is 16.4 Å². The van der Waals surface area contributed by atoms with Crippen LogP contribution in [0.25, 0.3) is 16.3 Å². The fourth-order valence-corrected chi connectivity index (χ4v) is 5.00. The van der Waals surface area contributed by atoms with Gasteiger partial charge in [-0.15, -0.1) is 11.3 Å². The Labute approximate surface area is 191 Å². The van der Waals surface area contributed by atoms with Crippen molar-refractivity contribution in [1.82, 2.24) is 9.78 Å². The third-order valence-electron chi connectivity index (χ3n) is 5.02. The van der Waals surface area contributed by atoms with Crippen LogP contribution >= 0.6 is 11.3 Å². The summed E-state index contributed by atoms with van der Waals surface area (Å²) in [4.78, 5) is 1.13. The molecule has 0 saturated heterocycles. The lowest BCUT2D eigenvalue weighted by Crippen LogP contribution is -2.16. The van der Waals surface area contributed by atoms with Crippen LogP contribution in [0.4, 0.5) is 5.82 Å². The summed E-state index contributed by atoms with van der Waals surface area (Å²) in [6.07, 6.45) is 3.09. The van der Waals surface area contributed by atoms with E-state index in [0.717, 1.165) is 29.7 Å². The maximum absolute atomic E-state index is 13.1. The van der Waals surface area contributed by atoms with E-state index in [-0.39, 0.29) is 4.90 Å². The Hall–Kier alpha value is -3.41. The molecule has 2 aromatic heterocycles. The van der Waals surface area contributed by atoms with Crippen molar-refractivity contribution >= 4 is 27.2 Å². The van der Waals surface area contributed by atoms with Gasteiger partial charge < -0.3 is 0 Å². The molecule has 0 spiro atoms. The number of aromatic nitrogens is 2. The number of thiophene rings is 1. The zero-order chi connectivity index (χ0) is 22.6. The summed E-state index contributed by atoms with van der Waals surface area (Å²) in [7, 11) is -3.81. The van der Waals surface area contributed by atoms with Crippen molar-refractivity contribution < 1.29 is 8.42 Å². The van der Waals surface area contributed by atoms with Crippen LogP contribution in [0.1, 0.15) is 30.9 Å². The van der Waals surface area contributed by atoms with E-state index >= 15 is 0 Å². The molecule has 2 aromatic carbocycles. The van der Waals surface area contributed by atoms with Gasteiger partial charge in [-0.2, -0.15) is 10.4 Å². The second-order valence-corrected chi connectivity index (χ2v) is 9.95. The molecule has 1 N–H and O–H groups in total. The normalized spacial score (nSPS) is 11.2. The summed E-state index contributed by atoms with van der Waals surface area (Å²) in [5.74, 6) is 0.327. The molecule has 2 heterocycles. The van der Waals surface area contributed by atoms with Gasteiger partial charge in [-0.05, 0) is 66.2 Å². The molecule has 162 valence electrons. The third-order valence-corrected chi connectivity index (χ3v) is 7.28. The molecule has 0 aliphatic carbocycles. The van der Waals surface area contributed by atoms with Crippen LogP contribution < -0.4 is 4.72 Å². The number of rotatable bonds is 8. The maximum atomic E-state index is 13.1. The van der Waals surface area contributed by atoms with Crippen LogP contribution in [0, 0.1) is 11.3 Å². The minimum Gasteiger partial charge on any atom is -0.263 e. The molecule has 4 aromatic rings. The molecule has 0 amide bonds. The van der Waals surface area contributed by atoms with Crippen LogP contribution in [0.15, 0.2) is 77.0 Å². The van der Waals surface area contributed by atoms with Crippen molar-refractivity contribution in [3.8, 4) is 22.3 Å². The van der Waals surface area contributed by atoms with E-state index in [1.807, 2.05) is 29.6 Å². The molecule has 32 heavy (non-hydrogen) atoms. The van der Waals surface area contributed by atoms with Gasteiger partial charge in [0.1, 0.15) is 11.5 Å². The van der Waals surface area contributed by atoms with Gasteiger partial charge in [-0.3, -0.25) is 4.72 Å². The molecule has 0 saturated carbocycles. The Balaban J connectivity index is 1.69. The van der Waals surface area contributed by atoms with Crippen LogP contribution in [0.2, 0.25) is 0 Å². The van der Waals surface area contributed by atoms with E-state index in [1.54, 1.807) is 47.1 Å². The van der Waals surface area contributed by atoms with Crippen molar-refractivity contribution in [1.29, 1.82) is 5.26 Å². The summed E-state index contributed by atoms with van der Waals surface area (Å²) in [6.45, 7) is 2.13. The molecule has 0 bridgehead atoms. The first-order valence-electron chi connectivity index (χ1n) is 10.3. The minimum absolute atomic E-state index is 0.197. The molecule has 0 fully saturated rings. The monoisotopic (exact) mass is 462 g/mol. The number of benzene rings is 2. The van der Waals surface area contributed by atoms with E-state index < -0.39 is 10.0 Å². The molecule has 4 rings (SSSR count). The summed E-state index contributed by atoms with van der Waals surface area (Å²) in [6, 6.07) is 21.5. The van der Waals surface area contributed by atoms with Gasteiger partial charge in [-0.25, -0.2) is 13.1 Å². The highest BCUT2D eigenvalue weighted by molar-refractivity contribution is 7.92. The number of nitrogens with zero attached hydrogens (tertiary/aromatic N) is 3. The van der Waals surface area contributed by atoms with Crippen LogP contribution in [-0.4, -0.2) is 18.2 Å². The average molecular weight is 463 g/mol. The predicted molar refractivity (Wildman–Crippen MR) is 127 cm³/mol. The molecule has 0 unspecified atom stereocenters. The van der Waals surface area contributed by atoms with E-state index in [9.17, 15) is 8.42 Å². The van der Waals surface area contributed by atoms with Crippen molar-refractivity contribution in [2.24, 2.45) is 0 Å². The number of unbranched alkanes of at least 4 members (excludes halogenated alkanes) is 1. The summed E-state index contributed by atoms with van der Waals surface area (Å²) < 4.78 is 30.5. The molecule has 6 nitrogen and oxygen atoms in total.